The first-order valence-electron chi connectivity index (χ1n) is 10.1. The van der Waals surface area contributed by atoms with Crippen molar-refractivity contribution in [3.8, 4) is 5.69 Å². The molecule has 2 heteroatoms. The predicted molar refractivity (Wildman–Crippen MR) is 123 cm³/mol. The summed E-state index contributed by atoms with van der Waals surface area (Å²) < 4.78 is 4.86. The Bertz CT molecular complexity index is 1470. The Morgan fingerprint density at radius 2 is 1.31 bits per heavy atom. The summed E-state index contributed by atoms with van der Waals surface area (Å²) >= 11 is 0. The molecule has 0 spiro atoms. The fourth-order valence-corrected chi connectivity index (χ4v) is 4.83. The van der Waals surface area contributed by atoms with Crippen molar-refractivity contribution in [1.29, 1.82) is 0 Å². The molecule has 0 unspecified atom stereocenters. The van der Waals surface area contributed by atoms with Crippen LogP contribution in [0.4, 0.5) is 11.4 Å². The molecule has 0 N–H and O–H groups in total. The number of hydrogen-bond donors (Lipinski definition) is 0. The number of nitrogens with zero attached hydrogens (tertiary/aromatic N) is 2. The van der Waals surface area contributed by atoms with Crippen LogP contribution in [0.3, 0.4) is 0 Å². The molecule has 29 heavy (non-hydrogen) atoms. The largest absolute Gasteiger partial charge is 0.303 e. The fourth-order valence-electron chi connectivity index (χ4n) is 4.83. The Morgan fingerprint density at radius 1 is 0.621 bits per heavy atom. The standard InChI is InChI=1S/C27H21N2/c1-18-10-3-5-14-23(18)28-19(2)20-12-9-13-22-21-11-4-6-15-24(21)29(27(20)22)26-17-8-7-16-25(26)28/h3-17H,1-2H3/q+1. The van der Waals surface area contributed by atoms with E-state index in [2.05, 4.69) is 114 Å². The van der Waals surface area contributed by atoms with E-state index in [0.717, 1.165) is 0 Å². The van der Waals surface area contributed by atoms with Gasteiger partial charge in [-0.25, -0.2) is 0 Å². The number of para-hydroxylation sites is 5. The first-order chi connectivity index (χ1) is 14.3. The lowest BCUT2D eigenvalue weighted by Gasteiger charge is -2.11. The second kappa shape index (κ2) is 5.92. The molecular weight excluding hydrogens is 352 g/mol. The molecule has 2 nitrogen and oxygen atoms in total. The van der Waals surface area contributed by atoms with Gasteiger partial charge in [0.1, 0.15) is 5.69 Å². The molecule has 0 fully saturated rings. The lowest BCUT2D eigenvalue weighted by Crippen LogP contribution is -2.15. The highest BCUT2D eigenvalue weighted by atomic mass is 15.1. The molecule has 0 aliphatic carbocycles. The third-order valence-corrected chi connectivity index (χ3v) is 6.14. The van der Waals surface area contributed by atoms with Gasteiger partial charge in [0.05, 0.1) is 16.6 Å². The molecule has 0 radical (unpaired) electrons. The van der Waals surface area contributed by atoms with E-state index in [9.17, 15) is 0 Å². The van der Waals surface area contributed by atoms with Crippen LogP contribution < -0.4 is 4.58 Å². The maximum atomic E-state index is 2.44. The smallest absolute Gasteiger partial charge is 0.235 e. The number of benzene rings is 4. The zero-order valence-corrected chi connectivity index (χ0v) is 16.6. The third-order valence-electron chi connectivity index (χ3n) is 6.14. The minimum absolute atomic E-state index is 1.21. The van der Waals surface area contributed by atoms with Crippen molar-refractivity contribution in [3.05, 3.63) is 102 Å². The van der Waals surface area contributed by atoms with Crippen LogP contribution in [0, 0.1) is 6.92 Å². The highest BCUT2D eigenvalue weighted by molar-refractivity contribution is 6.20. The number of fused-ring (bicyclic) bond motifs is 5. The van der Waals surface area contributed by atoms with Crippen molar-refractivity contribution in [2.24, 2.45) is 0 Å². The van der Waals surface area contributed by atoms with Gasteiger partial charge in [-0.05, 0) is 25.1 Å². The van der Waals surface area contributed by atoms with E-state index in [4.69, 9.17) is 0 Å². The molecule has 6 rings (SSSR count). The zero-order valence-electron chi connectivity index (χ0n) is 16.6. The summed E-state index contributed by atoms with van der Waals surface area (Å²) in [7, 11) is 0. The molecule has 1 aliphatic rings. The fraction of sp³-hybridized carbons (Fsp3) is 0.0741. The van der Waals surface area contributed by atoms with Gasteiger partial charge in [0.15, 0.2) is 5.71 Å². The van der Waals surface area contributed by atoms with Gasteiger partial charge < -0.3 is 4.57 Å². The van der Waals surface area contributed by atoms with Crippen LogP contribution >= 0.6 is 0 Å². The molecule has 4 aromatic carbocycles. The third kappa shape index (κ3) is 2.14. The first-order valence-corrected chi connectivity index (χ1v) is 10.1. The lowest BCUT2D eigenvalue weighted by atomic mass is 10.0. The summed E-state index contributed by atoms with van der Waals surface area (Å²) in [6.45, 7) is 4.43. The van der Waals surface area contributed by atoms with Crippen LogP contribution in [0.1, 0.15) is 18.1 Å². The van der Waals surface area contributed by atoms with E-state index in [-0.39, 0.29) is 0 Å². The van der Waals surface area contributed by atoms with Crippen LogP contribution in [0.2, 0.25) is 0 Å². The molecule has 138 valence electrons. The molecular formula is C27H21N2+. The Kier molecular flexibility index (Phi) is 3.33. The van der Waals surface area contributed by atoms with Gasteiger partial charge in [-0.2, -0.15) is 4.58 Å². The molecule has 0 atom stereocenters. The molecule has 5 aromatic rings. The molecule has 0 bridgehead atoms. The van der Waals surface area contributed by atoms with E-state index < -0.39 is 0 Å². The molecule has 0 saturated heterocycles. The number of aromatic nitrogens is 1. The van der Waals surface area contributed by atoms with E-state index in [1.165, 1.54) is 55.7 Å². The van der Waals surface area contributed by atoms with Crippen LogP contribution in [0.15, 0.2) is 91.0 Å². The molecule has 0 saturated carbocycles. The highest BCUT2D eigenvalue weighted by Gasteiger charge is 2.31. The van der Waals surface area contributed by atoms with Crippen molar-refractivity contribution in [2.45, 2.75) is 13.8 Å². The summed E-state index contributed by atoms with van der Waals surface area (Å²) in [6, 6.07) is 32.8. The highest BCUT2D eigenvalue weighted by Crippen LogP contribution is 2.40. The van der Waals surface area contributed by atoms with Crippen LogP contribution in [-0.2, 0) is 0 Å². The summed E-state index contributed by atoms with van der Waals surface area (Å²) in [5.41, 5.74) is 9.98. The number of rotatable bonds is 1. The molecule has 1 aromatic heterocycles. The van der Waals surface area contributed by atoms with Gasteiger partial charge in [0.25, 0.3) is 0 Å². The number of aryl methyl sites for hydroxylation is 1. The molecule has 2 heterocycles. The monoisotopic (exact) mass is 373 g/mol. The average molecular weight is 373 g/mol. The topological polar surface area (TPSA) is 7.94 Å². The van der Waals surface area contributed by atoms with Gasteiger partial charge in [-0.15, -0.1) is 0 Å². The van der Waals surface area contributed by atoms with Crippen molar-refractivity contribution in [3.63, 3.8) is 0 Å². The van der Waals surface area contributed by atoms with E-state index in [1.54, 1.807) is 0 Å². The maximum absolute atomic E-state index is 2.44. The Labute approximate surface area is 170 Å². The van der Waals surface area contributed by atoms with E-state index >= 15 is 0 Å². The summed E-state index contributed by atoms with van der Waals surface area (Å²) in [5.74, 6) is 0. The van der Waals surface area contributed by atoms with Gasteiger partial charge in [-0.3, -0.25) is 0 Å². The van der Waals surface area contributed by atoms with Crippen molar-refractivity contribution >= 4 is 38.9 Å². The molecule has 0 amide bonds. The van der Waals surface area contributed by atoms with Gasteiger partial charge >= 0.3 is 0 Å². The van der Waals surface area contributed by atoms with Crippen molar-refractivity contribution < 1.29 is 0 Å². The SMILES string of the molecule is CC1=[N+](c2ccccc2C)c2ccccc2-n2c3ccccc3c3cccc1c32. The lowest BCUT2D eigenvalue weighted by molar-refractivity contribution is 1.04. The normalized spacial score (nSPS) is 13.0. The Morgan fingerprint density at radius 3 is 2.17 bits per heavy atom. The first kappa shape index (κ1) is 16.3. The average Bonchev–Trinajstić information content (AvgIpc) is 3.04. The van der Waals surface area contributed by atoms with Gasteiger partial charge in [-0.1, -0.05) is 60.7 Å². The number of hydrogen-bond acceptors (Lipinski definition) is 0. The second-order valence-corrected chi connectivity index (χ2v) is 7.75. The van der Waals surface area contributed by atoms with Crippen LogP contribution in [0.5, 0.6) is 0 Å². The minimum atomic E-state index is 1.21. The van der Waals surface area contributed by atoms with Crippen LogP contribution in [-0.4, -0.2) is 10.3 Å². The van der Waals surface area contributed by atoms with E-state index in [1.807, 2.05) is 0 Å². The zero-order chi connectivity index (χ0) is 19.5. The Balaban J connectivity index is 1.88. The maximum Gasteiger partial charge on any atom is 0.235 e. The summed E-state index contributed by atoms with van der Waals surface area (Å²) in [5, 5.41) is 2.61. The summed E-state index contributed by atoms with van der Waals surface area (Å²) in [6.07, 6.45) is 0. The quantitative estimate of drug-likeness (QED) is 0.287. The Hall–Kier alpha value is -3.65. The van der Waals surface area contributed by atoms with Crippen molar-refractivity contribution in [1.82, 2.24) is 9.14 Å². The second-order valence-electron chi connectivity index (χ2n) is 7.75. The van der Waals surface area contributed by atoms with Crippen molar-refractivity contribution in [2.75, 3.05) is 0 Å². The summed E-state index contributed by atoms with van der Waals surface area (Å²) in [4.78, 5) is 0. The predicted octanol–water partition coefficient (Wildman–Crippen LogP) is 6.75. The van der Waals surface area contributed by atoms with E-state index in [0.29, 0.717) is 0 Å². The van der Waals surface area contributed by atoms with Gasteiger partial charge in [0.2, 0.25) is 11.4 Å². The minimum Gasteiger partial charge on any atom is -0.303 e. The van der Waals surface area contributed by atoms with Gasteiger partial charge in [0, 0.05) is 35.4 Å². The van der Waals surface area contributed by atoms with Crippen LogP contribution in [0.25, 0.3) is 27.5 Å². The molecule has 1 aliphatic heterocycles.